The quantitative estimate of drug-likeness (QED) is 0.679. The Labute approximate surface area is 109 Å². The van der Waals surface area contributed by atoms with Gasteiger partial charge in [-0.1, -0.05) is 25.1 Å². The normalized spacial score (nSPS) is 11.8. The average molecular weight is 248 g/mol. The minimum absolute atomic E-state index is 0.120. The molecule has 0 radical (unpaired) electrons. The molecule has 1 aromatic rings. The molecule has 0 aliphatic heterocycles. The Hall–Kier alpha value is -1.57. The highest BCUT2D eigenvalue weighted by molar-refractivity contribution is 5.20. The van der Waals surface area contributed by atoms with E-state index in [1.54, 1.807) is 0 Å². The Morgan fingerprint density at radius 2 is 2.00 bits per heavy atom. The molecule has 0 aliphatic carbocycles. The van der Waals surface area contributed by atoms with E-state index in [0.717, 1.165) is 12.3 Å². The Morgan fingerprint density at radius 1 is 1.22 bits per heavy atom. The van der Waals surface area contributed by atoms with Crippen LogP contribution in [0.2, 0.25) is 0 Å². The van der Waals surface area contributed by atoms with Crippen LogP contribution in [0.15, 0.2) is 30.3 Å². The zero-order valence-electron chi connectivity index (χ0n) is 10.8. The van der Waals surface area contributed by atoms with Gasteiger partial charge in [0, 0.05) is 6.61 Å². The van der Waals surface area contributed by atoms with Gasteiger partial charge in [-0.25, -0.2) is 0 Å². The number of para-hydroxylation sites is 1. The van der Waals surface area contributed by atoms with E-state index in [1.165, 1.54) is 0 Å². The van der Waals surface area contributed by atoms with Crippen molar-refractivity contribution in [2.24, 2.45) is 0 Å². The van der Waals surface area contributed by atoms with Gasteiger partial charge in [-0.15, -0.1) is 0 Å². The highest BCUT2D eigenvalue weighted by Crippen LogP contribution is 2.07. The predicted octanol–water partition coefficient (Wildman–Crippen LogP) is 1.97. The van der Waals surface area contributed by atoms with E-state index >= 15 is 0 Å². The number of nitriles is 1. The third-order valence-electron chi connectivity index (χ3n) is 2.40. The molecule has 0 saturated heterocycles. The summed E-state index contributed by atoms with van der Waals surface area (Å²) in [7, 11) is 0. The van der Waals surface area contributed by atoms with Gasteiger partial charge >= 0.3 is 0 Å². The number of hydrogen-bond acceptors (Lipinski definition) is 4. The summed E-state index contributed by atoms with van der Waals surface area (Å²) in [5, 5.41) is 11.9. The number of benzene rings is 1. The summed E-state index contributed by atoms with van der Waals surface area (Å²) in [4.78, 5) is 0. The lowest BCUT2D eigenvalue weighted by Gasteiger charge is -2.10. The van der Waals surface area contributed by atoms with Crippen LogP contribution in [0, 0.1) is 11.3 Å². The lowest BCUT2D eigenvalue weighted by Crippen LogP contribution is -2.28. The second kappa shape index (κ2) is 9.46. The van der Waals surface area contributed by atoms with Crippen molar-refractivity contribution in [3.63, 3.8) is 0 Å². The van der Waals surface area contributed by atoms with Crippen LogP contribution in [0.1, 0.15) is 13.3 Å². The molecule has 1 unspecified atom stereocenters. The maximum Gasteiger partial charge on any atom is 0.119 e. The zero-order chi connectivity index (χ0) is 13.1. The molecule has 0 aromatic heterocycles. The first-order valence-corrected chi connectivity index (χ1v) is 6.25. The number of hydrogen-bond donors (Lipinski definition) is 1. The minimum atomic E-state index is -0.120. The van der Waals surface area contributed by atoms with Gasteiger partial charge in [0.25, 0.3) is 0 Å². The van der Waals surface area contributed by atoms with E-state index in [0.29, 0.717) is 26.2 Å². The smallest absolute Gasteiger partial charge is 0.119 e. The summed E-state index contributed by atoms with van der Waals surface area (Å²) in [6.45, 7) is 4.43. The molecule has 1 aromatic carbocycles. The van der Waals surface area contributed by atoms with Gasteiger partial charge in [-0.05, 0) is 25.1 Å². The Bertz CT molecular complexity index is 349. The first kappa shape index (κ1) is 14.5. The first-order chi connectivity index (χ1) is 8.86. The van der Waals surface area contributed by atoms with Crippen LogP contribution < -0.4 is 10.1 Å². The summed E-state index contributed by atoms with van der Waals surface area (Å²) in [6, 6.07) is 11.7. The van der Waals surface area contributed by atoms with Crippen molar-refractivity contribution in [2.75, 3.05) is 26.4 Å². The molecule has 0 bridgehead atoms. The maximum absolute atomic E-state index is 8.82. The fraction of sp³-hybridized carbons (Fsp3) is 0.500. The molecule has 1 N–H and O–H groups in total. The third-order valence-corrected chi connectivity index (χ3v) is 2.40. The molecule has 1 rings (SSSR count). The van der Waals surface area contributed by atoms with Crippen molar-refractivity contribution < 1.29 is 9.47 Å². The number of rotatable bonds is 9. The molecule has 0 heterocycles. The molecule has 0 saturated carbocycles. The van der Waals surface area contributed by atoms with Gasteiger partial charge < -0.3 is 14.8 Å². The van der Waals surface area contributed by atoms with Gasteiger partial charge in [0.05, 0.1) is 18.7 Å². The molecule has 1 atom stereocenters. The lowest BCUT2D eigenvalue weighted by molar-refractivity contribution is 0.0958. The van der Waals surface area contributed by atoms with Gasteiger partial charge in [0.15, 0.2) is 0 Å². The molecule has 4 heteroatoms. The van der Waals surface area contributed by atoms with Crippen LogP contribution in [-0.2, 0) is 4.74 Å². The average Bonchev–Trinajstić information content (AvgIpc) is 2.42. The van der Waals surface area contributed by atoms with Crippen molar-refractivity contribution in [1.29, 1.82) is 5.26 Å². The molecule has 18 heavy (non-hydrogen) atoms. The van der Waals surface area contributed by atoms with Crippen LogP contribution in [0.25, 0.3) is 0 Å². The molecule has 98 valence electrons. The third kappa shape index (κ3) is 6.24. The van der Waals surface area contributed by atoms with Crippen LogP contribution in [0.4, 0.5) is 0 Å². The summed E-state index contributed by atoms with van der Waals surface area (Å²) < 4.78 is 10.9. The Kier molecular flexibility index (Phi) is 7.61. The molecule has 4 nitrogen and oxygen atoms in total. The monoisotopic (exact) mass is 248 g/mol. The Morgan fingerprint density at radius 3 is 2.67 bits per heavy atom. The Balaban J connectivity index is 2.01. The molecule has 0 spiro atoms. The topological polar surface area (TPSA) is 54.3 Å². The van der Waals surface area contributed by atoms with Gasteiger partial charge in [0.1, 0.15) is 12.4 Å². The van der Waals surface area contributed by atoms with Crippen molar-refractivity contribution in [3.05, 3.63) is 30.3 Å². The molecular weight excluding hydrogens is 228 g/mol. The fourth-order valence-corrected chi connectivity index (χ4v) is 1.50. The van der Waals surface area contributed by atoms with E-state index in [4.69, 9.17) is 14.7 Å². The van der Waals surface area contributed by atoms with Crippen molar-refractivity contribution in [2.45, 2.75) is 19.4 Å². The van der Waals surface area contributed by atoms with Crippen LogP contribution in [0.3, 0.4) is 0 Å². The van der Waals surface area contributed by atoms with Crippen LogP contribution >= 0.6 is 0 Å². The molecule has 0 fully saturated rings. The predicted molar refractivity (Wildman–Crippen MR) is 70.5 cm³/mol. The molecule has 0 aliphatic rings. The number of nitrogens with zero attached hydrogens (tertiary/aromatic N) is 1. The van der Waals surface area contributed by atoms with E-state index in [1.807, 2.05) is 37.3 Å². The SMILES string of the molecule is CCNC(C#N)CCOCCOc1ccccc1. The van der Waals surface area contributed by atoms with Gasteiger partial charge in [-0.2, -0.15) is 5.26 Å². The second-order valence-corrected chi connectivity index (χ2v) is 3.80. The molecular formula is C14H20N2O2. The fourth-order valence-electron chi connectivity index (χ4n) is 1.50. The second-order valence-electron chi connectivity index (χ2n) is 3.80. The van der Waals surface area contributed by atoms with Gasteiger partial charge in [0.2, 0.25) is 0 Å². The zero-order valence-corrected chi connectivity index (χ0v) is 10.8. The number of nitrogens with one attached hydrogen (secondary N) is 1. The summed E-state index contributed by atoms with van der Waals surface area (Å²) in [5.74, 6) is 0.851. The van der Waals surface area contributed by atoms with E-state index < -0.39 is 0 Å². The largest absolute Gasteiger partial charge is 0.491 e. The van der Waals surface area contributed by atoms with Gasteiger partial charge in [-0.3, -0.25) is 0 Å². The summed E-state index contributed by atoms with van der Waals surface area (Å²) in [6.07, 6.45) is 0.704. The highest BCUT2D eigenvalue weighted by Gasteiger charge is 2.04. The van der Waals surface area contributed by atoms with Crippen LogP contribution in [-0.4, -0.2) is 32.4 Å². The summed E-state index contributed by atoms with van der Waals surface area (Å²) in [5.41, 5.74) is 0. The van der Waals surface area contributed by atoms with Crippen LogP contribution in [0.5, 0.6) is 5.75 Å². The van der Waals surface area contributed by atoms with E-state index in [-0.39, 0.29) is 6.04 Å². The first-order valence-electron chi connectivity index (χ1n) is 6.25. The van der Waals surface area contributed by atoms with Crippen molar-refractivity contribution in [1.82, 2.24) is 5.32 Å². The minimum Gasteiger partial charge on any atom is -0.491 e. The van der Waals surface area contributed by atoms with Crippen molar-refractivity contribution in [3.8, 4) is 11.8 Å². The summed E-state index contributed by atoms with van der Waals surface area (Å²) >= 11 is 0. The number of ether oxygens (including phenoxy) is 2. The van der Waals surface area contributed by atoms with E-state index in [2.05, 4.69) is 11.4 Å². The maximum atomic E-state index is 8.82. The highest BCUT2D eigenvalue weighted by atomic mass is 16.5. The standard InChI is InChI=1S/C14H20N2O2/c1-2-16-13(12-15)8-9-17-10-11-18-14-6-4-3-5-7-14/h3-7,13,16H,2,8-11H2,1H3. The van der Waals surface area contributed by atoms with E-state index in [9.17, 15) is 0 Å². The van der Waals surface area contributed by atoms with Crippen molar-refractivity contribution >= 4 is 0 Å². The lowest BCUT2D eigenvalue weighted by atomic mass is 10.2. The molecule has 0 amide bonds.